The molecule has 1 aliphatic carbocycles. The molecule has 1 aromatic rings. The third-order valence-corrected chi connectivity index (χ3v) is 4.63. The average molecular weight is 251 g/mol. The lowest BCUT2D eigenvalue weighted by atomic mass is 10.0. The van der Waals surface area contributed by atoms with Crippen molar-refractivity contribution in [3.8, 4) is 0 Å². The smallest absolute Gasteiger partial charge is 0.00820 e. The number of rotatable bonds is 4. The number of hydrogen-bond acceptors (Lipinski definition) is 2. The molecular formula is C15H25NS. The fourth-order valence-electron chi connectivity index (χ4n) is 2.88. The summed E-state index contributed by atoms with van der Waals surface area (Å²) in [5.41, 5.74) is 1.48. The Morgan fingerprint density at radius 2 is 2.24 bits per heavy atom. The number of thiophene rings is 1. The number of nitrogens with one attached hydrogen (secondary N) is 1. The van der Waals surface area contributed by atoms with E-state index in [9.17, 15) is 0 Å². The van der Waals surface area contributed by atoms with Crippen molar-refractivity contribution in [2.45, 2.75) is 64.5 Å². The second-order valence-corrected chi connectivity index (χ2v) is 6.49. The third-order valence-electron chi connectivity index (χ3n) is 3.90. The molecule has 2 rings (SSSR count). The van der Waals surface area contributed by atoms with E-state index < -0.39 is 0 Å². The van der Waals surface area contributed by atoms with Crippen LogP contribution in [0.1, 0.15) is 51.5 Å². The zero-order chi connectivity index (χ0) is 12.1. The topological polar surface area (TPSA) is 12.0 Å². The van der Waals surface area contributed by atoms with Crippen LogP contribution in [-0.2, 0) is 6.42 Å². The molecule has 1 N–H and O–H groups in total. The second kappa shape index (κ2) is 6.55. The van der Waals surface area contributed by atoms with E-state index in [0.717, 1.165) is 12.0 Å². The predicted molar refractivity (Wildman–Crippen MR) is 76.7 cm³/mol. The van der Waals surface area contributed by atoms with Crippen LogP contribution in [0.15, 0.2) is 16.8 Å². The SMILES string of the molecule is CC1CCCC(NC(C)Cc2ccsc2)CC1. The molecule has 1 nitrogen and oxygen atoms in total. The van der Waals surface area contributed by atoms with Gasteiger partial charge in [-0.15, -0.1) is 0 Å². The van der Waals surface area contributed by atoms with Crippen LogP contribution in [0, 0.1) is 5.92 Å². The van der Waals surface area contributed by atoms with Crippen molar-refractivity contribution in [3.63, 3.8) is 0 Å². The van der Waals surface area contributed by atoms with E-state index in [-0.39, 0.29) is 0 Å². The van der Waals surface area contributed by atoms with Gasteiger partial charge in [-0.2, -0.15) is 11.3 Å². The lowest BCUT2D eigenvalue weighted by Gasteiger charge is -2.22. The Kier molecular flexibility index (Phi) is 5.05. The Morgan fingerprint density at radius 3 is 3.00 bits per heavy atom. The van der Waals surface area contributed by atoms with E-state index in [2.05, 4.69) is 36.0 Å². The Morgan fingerprint density at radius 1 is 1.35 bits per heavy atom. The van der Waals surface area contributed by atoms with Gasteiger partial charge in [0.1, 0.15) is 0 Å². The quantitative estimate of drug-likeness (QED) is 0.789. The normalized spacial score (nSPS) is 27.6. The molecule has 0 bridgehead atoms. The first-order valence-electron chi connectivity index (χ1n) is 7.01. The third kappa shape index (κ3) is 4.44. The molecule has 0 amide bonds. The first kappa shape index (κ1) is 13.1. The minimum Gasteiger partial charge on any atom is -0.311 e. The van der Waals surface area contributed by atoms with Crippen molar-refractivity contribution in [2.24, 2.45) is 5.92 Å². The lowest BCUT2D eigenvalue weighted by Crippen LogP contribution is -2.37. The van der Waals surface area contributed by atoms with Crippen molar-refractivity contribution in [2.75, 3.05) is 0 Å². The molecule has 3 unspecified atom stereocenters. The van der Waals surface area contributed by atoms with E-state index in [1.165, 1.54) is 44.1 Å². The molecule has 0 spiro atoms. The largest absolute Gasteiger partial charge is 0.311 e. The van der Waals surface area contributed by atoms with Gasteiger partial charge in [0.25, 0.3) is 0 Å². The number of hydrogen-bond donors (Lipinski definition) is 1. The van der Waals surface area contributed by atoms with Crippen LogP contribution in [0.3, 0.4) is 0 Å². The molecule has 17 heavy (non-hydrogen) atoms. The Balaban J connectivity index is 1.75. The van der Waals surface area contributed by atoms with Gasteiger partial charge in [0, 0.05) is 12.1 Å². The molecule has 0 radical (unpaired) electrons. The standard InChI is InChI=1S/C15H25NS/c1-12-4-3-5-15(7-6-12)16-13(2)10-14-8-9-17-11-14/h8-9,11-13,15-16H,3-7,10H2,1-2H3. The highest BCUT2D eigenvalue weighted by Crippen LogP contribution is 2.23. The second-order valence-electron chi connectivity index (χ2n) is 5.71. The van der Waals surface area contributed by atoms with Crippen LogP contribution in [0.25, 0.3) is 0 Å². The maximum absolute atomic E-state index is 3.82. The van der Waals surface area contributed by atoms with E-state index in [1.807, 2.05) is 0 Å². The van der Waals surface area contributed by atoms with Crippen LogP contribution in [0.4, 0.5) is 0 Å². The first-order valence-corrected chi connectivity index (χ1v) is 7.95. The summed E-state index contributed by atoms with van der Waals surface area (Å²) in [6.45, 7) is 4.73. The van der Waals surface area contributed by atoms with Gasteiger partial charge in [-0.05, 0) is 60.9 Å². The summed E-state index contributed by atoms with van der Waals surface area (Å²) in [6.07, 6.45) is 8.16. The van der Waals surface area contributed by atoms with Gasteiger partial charge in [0.2, 0.25) is 0 Å². The minimum absolute atomic E-state index is 0.614. The van der Waals surface area contributed by atoms with Crippen molar-refractivity contribution >= 4 is 11.3 Å². The average Bonchev–Trinajstić information content (AvgIpc) is 2.70. The highest BCUT2D eigenvalue weighted by atomic mass is 32.1. The van der Waals surface area contributed by atoms with Crippen molar-refractivity contribution in [3.05, 3.63) is 22.4 Å². The molecule has 1 fully saturated rings. The molecule has 2 heteroatoms. The Labute approximate surface area is 110 Å². The Hall–Kier alpha value is -0.340. The van der Waals surface area contributed by atoms with Crippen LogP contribution in [0.2, 0.25) is 0 Å². The fourth-order valence-corrected chi connectivity index (χ4v) is 3.56. The Bertz CT molecular complexity index is 307. The van der Waals surface area contributed by atoms with Gasteiger partial charge in [-0.25, -0.2) is 0 Å². The van der Waals surface area contributed by atoms with Crippen LogP contribution in [0.5, 0.6) is 0 Å². The van der Waals surface area contributed by atoms with Gasteiger partial charge in [0.05, 0.1) is 0 Å². The highest BCUT2D eigenvalue weighted by molar-refractivity contribution is 7.07. The summed E-state index contributed by atoms with van der Waals surface area (Å²) in [6, 6.07) is 3.62. The first-order chi connectivity index (χ1) is 8.24. The zero-order valence-corrected chi connectivity index (χ0v) is 11.9. The van der Waals surface area contributed by atoms with E-state index in [0.29, 0.717) is 6.04 Å². The fraction of sp³-hybridized carbons (Fsp3) is 0.733. The maximum atomic E-state index is 3.82. The molecular weight excluding hydrogens is 226 g/mol. The maximum Gasteiger partial charge on any atom is 0.00820 e. The van der Waals surface area contributed by atoms with Crippen LogP contribution >= 0.6 is 11.3 Å². The highest BCUT2D eigenvalue weighted by Gasteiger charge is 2.17. The summed E-state index contributed by atoms with van der Waals surface area (Å²) in [4.78, 5) is 0. The molecule has 3 atom stereocenters. The summed E-state index contributed by atoms with van der Waals surface area (Å²) < 4.78 is 0. The van der Waals surface area contributed by atoms with Gasteiger partial charge < -0.3 is 5.32 Å². The van der Waals surface area contributed by atoms with Crippen molar-refractivity contribution in [1.82, 2.24) is 5.32 Å². The zero-order valence-electron chi connectivity index (χ0n) is 11.1. The van der Waals surface area contributed by atoms with Crippen LogP contribution < -0.4 is 5.32 Å². The molecule has 1 heterocycles. The van der Waals surface area contributed by atoms with Crippen molar-refractivity contribution < 1.29 is 0 Å². The van der Waals surface area contributed by atoms with Gasteiger partial charge in [0.15, 0.2) is 0 Å². The van der Waals surface area contributed by atoms with E-state index >= 15 is 0 Å². The minimum atomic E-state index is 0.614. The van der Waals surface area contributed by atoms with Crippen molar-refractivity contribution in [1.29, 1.82) is 0 Å². The molecule has 1 aromatic heterocycles. The molecule has 96 valence electrons. The summed E-state index contributed by atoms with van der Waals surface area (Å²) in [7, 11) is 0. The molecule has 0 saturated heterocycles. The summed E-state index contributed by atoms with van der Waals surface area (Å²) in [5.74, 6) is 0.939. The van der Waals surface area contributed by atoms with Gasteiger partial charge in [-0.3, -0.25) is 0 Å². The predicted octanol–water partition coefficient (Wildman–Crippen LogP) is 4.24. The molecule has 0 aliphatic heterocycles. The molecule has 0 aromatic carbocycles. The monoisotopic (exact) mass is 251 g/mol. The summed E-state index contributed by atoms with van der Waals surface area (Å²) >= 11 is 1.80. The lowest BCUT2D eigenvalue weighted by molar-refractivity contribution is 0.400. The summed E-state index contributed by atoms with van der Waals surface area (Å²) in [5, 5.41) is 8.27. The van der Waals surface area contributed by atoms with E-state index in [1.54, 1.807) is 11.3 Å². The van der Waals surface area contributed by atoms with Gasteiger partial charge >= 0.3 is 0 Å². The molecule has 1 saturated carbocycles. The van der Waals surface area contributed by atoms with E-state index in [4.69, 9.17) is 0 Å². The van der Waals surface area contributed by atoms with Crippen LogP contribution in [-0.4, -0.2) is 12.1 Å². The molecule has 1 aliphatic rings. The van der Waals surface area contributed by atoms with Gasteiger partial charge in [-0.1, -0.05) is 19.8 Å².